The minimum Gasteiger partial charge on any atom is -0.368 e. The Morgan fingerprint density at radius 2 is 1.82 bits per heavy atom. The van der Waals surface area contributed by atoms with E-state index in [-0.39, 0.29) is 31.2 Å². The van der Waals surface area contributed by atoms with Gasteiger partial charge in [0.15, 0.2) is 6.04 Å². The van der Waals surface area contributed by atoms with E-state index in [1.165, 1.54) is 4.90 Å². The van der Waals surface area contributed by atoms with Gasteiger partial charge in [-0.1, -0.05) is 38.2 Å². The molecular weight excluding hydrogens is 551 g/mol. The van der Waals surface area contributed by atoms with Crippen molar-refractivity contribution < 1.29 is 41.3 Å². The number of hydrogen-bond donors (Lipinski definition) is 4. The second-order valence-corrected chi connectivity index (χ2v) is 12.5. The fourth-order valence-corrected chi connectivity index (χ4v) is 6.72. The molecule has 4 atom stereocenters. The van der Waals surface area contributed by atoms with E-state index in [0.29, 0.717) is 12.5 Å². The van der Waals surface area contributed by atoms with Gasteiger partial charge in [-0.05, 0) is 50.3 Å². The van der Waals surface area contributed by atoms with Crippen LogP contribution in [0.25, 0.3) is 0 Å². The lowest BCUT2D eigenvalue weighted by Gasteiger charge is -2.39. The molecule has 0 aromatic heterocycles. The first-order valence-corrected chi connectivity index (χ1v) is 15.1. The van der Waals surface area contributed by atoms with Gasteiger partial charge in [-0.25, -0.2) is 13.1 Å². The normalized spacial score (nSPS) is 22.4. The van der Waals surface area contributed by atoms with Gasteiger partial charge in [0, 0.05) is 12.6 Å². The summed E-state index contributed by atoms with van der Waals surface area (Å²) in [5.74, 6) is -1.41. The van der Waals surface area contributed by atoms with Gasteiger partial charge in [-0.2, -0.15) is 13.2 Å². The van der Waals surface area contributed by atoms with Crippen LogP contribution < -0.4 is 21.1 Å². The Morgan fingerprint density at radius 1 is 1.15 bits per heavy atom. The van der Waals surface area contributed by atoms with Crippen molar-refractivity contribution >= 4 is 27.7 Å². The van der Waals surface area contributed by atoms with E-state index < -0.39 is 62.6 Å². The maximum absolute atomic E-state index is 13.5. The maximum atomic E-state index is 13.5. The predicted molar refractivity (Wildman–Crippen MR) is 140 cm³/mol. The number of alkyl halides is 3. The lowest BCUT2D eigenvalue weighted by atomic mass is 9.84. The number of benzene rings is 1. The molecule has 1 saturated carbocycles. The predicted octanol–water partition coefficient (Wildman–Crippen LogP) is 0.866. The Kier molecular flexibility index (Phi) is 10.6. The number of nitrogens with one attached hydrogen (secondary N) is 2. The van der Waals surface area contributed by atoms with E-state index in [1.54, 1.807) is 19.3 Å². The molecule has 10 nitrogen and oxygen atoms in total. The number of hydrogen-bond acceptors (Lipinski definition) is 5. The van der Waals surface area contributed by atoms with E-state index in [4.69, 9.17) is 5.73 Å². The van der Waals surface area contributed by atoms with Gasteiger partial charge in [-0.15, -0.1) is 0 Å². The first kappa shape index (κ1) is 31.8. The molecular formula is C26H39F3N5O5S+. The number of halogens is 3. The lowest BCUT2D eigenvalue weighted by Crippen LogP contribution is -2.88. The molecule has 3 amide bonds. The van der Waals surface area contributed by atoms with E-state index >= 15 is 0 Å². The van der Waals surface area contributed by atoms with Crippen molar-refractivity contribution in [1.29, 1.82) is 0 Å². The van der Waals surface area contributed by atoms with Gasteiger partial charge in [-0.3, -0.25) is 14.4 Å². The monoisotopic (exact) mass is 590 g/mol. The molecule has 6 N–H and O–H groups in total. The Hall–Kier alpha value is -2.71. The molecule has 1 aromatic carbocycles. The average molecular weight is 591 g/mol. The van der Waals surface area contributed by atoms with Gasteiger partial charge in [0.05, 0.1) is 17.5 Å². The number of piperidine rings is 1. The van der Waals surface area contributed by atoms with Crippen molar-refractivity contribution in [3.63, 3.8) is 0 Å². The molecule has 1 aliphatic carbocycles. The van der Waals surface area contributed by atoms with Crippen molar-refractivity contribution in [1.82, 2.24) is 14.9 Å². The van der Waals surface area contributed by atoms with Crippen molar-refractivity contribution in [3.8, 4) is 0 Å². The summed E-state index contributed by atoms with van der Waals surface area (Å²) < 4.78 is 67.8. The fraction of sp³-hybridized carbons (Fsp3) is 0.654. The van der Waals surface area contributed by atoms with E-state index in [2.05, 4.69) is 10.0 Å². The number of rotatable bonds is 10. The second kappa shape index (κ2) is 13.3. The van der Waals surface area contributed by atoms with Crippen LogP contribution >= 0.6 is 0 Å². The van der Waals surface area contributed by atoms with Gasteiger partial charge in [0.25, 0.3) is 5.91 Å². The van der Waals surface area contributed by atoms with Crippen molar-refractivity contribution in [2.24, 2.45) is 11.7 Å². The van der Waals surface area contributed by atoms with Crippen molar-refractivity contribution in [3.05, 3.63) is 29.8 Å². The first-order valence-electron chi connectivity index (χ1n) is 13.6. The quantitative estimate of drug-likeness (QED) is 0.318. The summed E-state index contributed by atoms with van der Waals surface area (Å²) in [6, 6.07) is -0.00953. The van der Waals surface area contributed by atoms with Crippen LogP contribution in [-0.4, -0.2) is 68.8 Å². The van der Waals surface area contributed by atoms with Crippen molar-refractivity contribution in [2.45, 2.75) is 93.5 Å². The minimum absolute atomic E-state index is 0.0364. The minimum atomic E-state index is -4.72. The Morgan fingerprint density at radius 3 is 2.42 bits per heavy atom. The van der Waals surface area contributed by atoms with E-state index in [0.717, 1.165) is 50.3 Å². The first-order chi connectivity index (χ1) is 18.7. The van der Waals surface area contributed by atoms with Crippen LogP contribution in [-0.2, 0) is 30.6 Å². The number of sulfonamides is 1. The standard InChI is InChI=1S/C26H38F3N5O5S/c1-16(31-2)25(37)34-12-11-19(33-40(38,39)20-10-6-9-18(14-20)26(27,28)29)15-22(34)24(36)32-21(23(30)35)13-17-7-4-3-5-8-17/h6,9-10,14,16-17,19,21-22,31,33H,3-5,7-8,11-13,15H2,1-2H3,(H2,30,35)(H,32,36)/p+1/t16-,19-,21-,22-/m0/s1. The maximum Gasteiger partial charge on any atom is 0.416 e. The Bertz CT molecular complexity index is 1170. The number of nitrogens with zero attached hydrogens (tertiary/aromatic N) is 1. The smallest absolute Gasteiger partial charge is 0.368 e. The largest absolute Gasteiger partial charge is 0.416 e. The van der Waals surface area contributed by atoms with E-state index in [9.17, 15) is 36.0 Å². The molecule has 1 saturated heterocycles. The Labute approximate surface area is 232 Å². The lowest BCUT2D eigenvalue weighted by molar-refractivity contribution is -0.647. The number of primary amides is 1. The molecule has 1 heterocycles. The summed E-state index contributed by atoms with van der Waals surface area (Å²) >= 11 is 0. The third kappa shape index (κ3) is 8.16. The molecule has 0 spiro atoms. The van der Waals surface area contributed by atoms with Crippen LogP contribution in [0.15, 0.2) is 29.2 Å². The molecule has 2 aliphatic rings. The zero-order chi connectivity index (χ0) is 29.7. The molecule has 0 bridgehead atoms. The highest BCUT2D eigenvalue weighted by Crippen LogP contribution is 2.31. The summed E-state index contributed by atoms with van der Waals surface area (Å²) in [7, 11) is -2.66. The van der Waals surface area contributed by atoms with Crippen LogP contribution in [0, 0.1) is 5.92 Å². The molecule has 3 rings (SSSR count). The molecule has 0 radical (unpaired) electrons. The number of likely N-dealkylation sites (tertiary alicyclic amines) is 1. The Balaban J connectivity index is 1.80. The van der Waals surface area contributed by atoms with Crippen LogP contribution in [0.2, 0.25) is 0 Å². The third-order valence-electron chi connectivity index (χ3n) is 7.82. The highest BCUT2D eigenvalue weighted by Gasteiger charge is 2.41. The number of likely N-dealkylation sites (N-methyl/N-ethyl adjacent to an activating group) is 1. The highest BCUT2D eigenvalue weighted by molar-refractivity contribution is 7.89. The molecule has 0 unspecified atom stereocenters. The van der Waals surface area contributed by atoms with Crippen LogP contribution in [0.3, 0.4) is 0 Å². The zero-order valence-electron chi connectivity index (χ0n) is 22.7. The third-order valence-corrected chi connectivity index (χ3v) is 9.34. The van der Waals surface area contributed by atoms with Crippen molar-refractivity contribution in [2.75, 3.05) is 13.6 Å². The zero-order valence-corrected chi connectivity index (χ0v) is 23.6. The summed E-state index contributed by atoms with van der Waals surface area (Å²) in [4.78, 5) is 39.6. The summed E-state index contributed by atoms with van der Waals surface area (Å²) in [5.41, 5.74) is 4.50. The number of amides is 3. The van der Waals surface area contributed by atoms with Gasteiger partial charge < -0.3 is 21.3 Å². The fourth-order valence-electron chi connectivity index (χ4n) is 5.39. The molecule has 14 heteroatoms. The average Bonchev–Trinajstić information content (AvgIpc) is 2.91. The summed E-state index contributed by atoms with van der Waals surface area (Å²) in [5, 5.41) is 4.37. The van der Waals surface area contributed by atoms with Gasteiger partial charge >= 0.3 is 6.18 Å². The van der Waals surface area contributed by atoms with Crippen LogP contribution in [0.5, 0.6) is 0 Å². The summed E-state index contributed by atoms with van der Waals surface area (Å²) in [6.45, 7) is 1.71. The highest BCUT2D eigenvalue weighted by atomic mass is 32.2. The topological polar surface area (TPSA) is 155 Å². The molecule has 224 valence electrons. The summed E-state index contributed by atoms with van der Waals surface area (Å²) in [6.07, 6.45) is 0.727. The molecule has 1 aliphatic heterocycles. The number of nitrogens with two attached hydrogens (primary N) is 2. The number of quaternary nitrogens is 1. The number of carbonyl (C=O) groups is 3. The number of carbonyl (C=O) groups excluding carboxylic acids is 3. The SMILES string of the molecule is C[NH2+][C@@H](C)C(=O)N1CC[C@H](NS(=O)(=O)c2cccc(C(F)(F)F)c2)C[C@H]1C(=O)N[C@@H](CC1CCCCC1)C(N)=O. The van der Waals surface area contributed by atoms with Gasteiger partial charge in [0.1, 0.15) is 12.1 Å². The molecule has 2 fully saturated rings. The van der Waals surface area contributed by atoms with Crippen LogP contribution in [0.1, 0.15) is 63.9 Å². The van der Waals surface area contributed by atoms with Gasteiger partial charge in [0.2, 0.25) is 21.8 Å². The second-order valence-electron chi connectivity index (χ2n) is 10.7. The molecule has 40 heavy (non-hydrogen) atoms. The van der Waals surface area contributed by atoms with Crippen LogP contribution in [0.4, 0.5) is 13.2 Å². The van der Waals surface area contributed by atoms with E-state index in [1.807, 2.05) is 0 Å². The molecule has 1 aromatic rings.